The maximum absolute atomic E-state index is 12.9. The highest BCUT2D eigenvalue weighted by atomic mass is 35.5. The quantitative estimate of drug-likeness (QED) is 0.463. The molecule has 0 bridgehead atoms. The highest BCUT2D eigenvalue weighted by Gasteiger charge is 2.59. The van der Waals surface area contributed by atoms with E-state index in [-0.39, 0.29) is 42.5 Å². The molecule has 176 valence electrons. The summed E-state index contributed by atoms with van der Waals surface area (Å²) in [5, 5.41) is 0.691. The van der Waals surface area contributed by atoms with Crippen LogP contribution in [-0.2, 0) is 40.4 Å². The van der Waals surface area contributed by atoms with Crippen LogP contribution in [0, 0.1) is 11.3 Å². The third-order valence-electron chi connectivity index (χ3n) is 7.46. The normalized spacial score (nSPS) is 29.8. The van der Waals surface area contributed by atoms with E-state index < -0.39 is 10.8 Å². The number of esters is 3. The first-order chi connectivity index (χ1) is 14.9. The molecule has 0 N–H and O–H groups in total. The van der Waals surface area contributed by atoms with Gasteiger partial charge < -0.3 is 14.2 Å². The van der Waals surface area contributed by atoms with Crippen molar-refractivity contribution in [3.63, 3.8) is 0 Å². The molecule has 0 saturated heterocycles. The van der Waals surface area contributed by atoms with Gasteiger partial charge in [-0.05, 0) is 48.8 Å². The Labute approximate surface area is 194 Å². The van der Waals surface area contributed by atoms with Crippen molar-refractivity contribution < 1.29 is 28.6 Å². The summed E-state index contributed by atoms with van der Waals surface area (Å²) in [4.78, 5) is 35.9. The van der Waals surface area contributed by atoms with Crippen LogP contribution in [-0.4, -0.2) is 37.7 Å². The molecule has 0 amide bonds. The lowest BCUT2D eigenvalue weighted by molar-refractivity contribution is -0.173. The number of rotatable bonds is 5. The summed E-state index contributed by atoms with van der Waals surface area (Å²) in [5.41, 5.74) is 1.92. The number of hydrogen-bond donors (Lipinski definition) is 0. The number of benzene rings is 1. The predicted octanol–water partition coefficient (Wildman–Crippen LogP) is 4.73. The van der Waals surface area contributed by atoms with Crippen molar-refractivity contribution in [2.24, 2.45) is 11.3 Å². The van der Waals surface area contributed by atoms with Crippen LogP contribution in [0.2, 0.25) is 5.02 Å². The maximum atomic E-state index is 12.9. The average Bonchev–Trinajstić information content (AvgIpc) is 2.70. The molecule has 1 saturated carbocycles. The topological polar surface area (TPSA) is 78.9 Å². The van der Waals surface area contributed by atoms with E-state index in [9.17, 15) is 14.4 Å². The fourth-order valence-corrected chi connectivity index (χ4v) is 6.58. The summed E-state index contributed by atoms with van der Waals surface area (Å²) in [6.45, 7) is 9.11. The first kappa shape index (κ1) is 24.6. The first-order valence-electron chi connectivity index (χ1n) is 11.1. The van der Waals surface area contributed by atoms with Gasteiger partial charge in [0.1, 0.15) is 6.10 Å². The zero-order chi connectivity index (χ0) is 23.8. The van der Waals surface area contributed by atoms with Crippen molar-refractivity contribution >= 4 is 29.5 Å². The zero-order valence-electron chi connectivity index (χ0n) is 19.7. The van der Waals surface area contributed by atoms with Gasteiger partial charge in [0.2, 0.25) is 0 Å². The van der Waals surface area contributed by atoms with E-state index in [0.717, 1.165) is 29.5 Å². The Kier molecular flexibility index (Phi) is 6.94. The third kappa shape index (κ3) is 4.26. The molecule has 1 aromatic carbocycles. The van der Waals surface area contributed by atoms with Gasteiger partial charge in [-0.3, -0.25) is 14.4 Å². The van der Waals surface area contributed by atoms with Gasteiger partial charge in [-0.25, -0.2) is 0 Å². The molecule has 7 heteroatoms. The van der Waals surface area contributed by atoms with Crippen LogP contribution in [0.25, 0.3) is 0 Å². The number of halogens is 1. The van der Waals surface area contributed by atoms with E-state index >= 15 is 0 Å². The molecule has 1 aromatic rings. The number of hydrogen-bond acceptors (Lipinski definition) is 6. The lowest BCUT2D eigenvalue weighted by Gasteiger charge is -2.55. The van der Waals surface area contributed by atoms with Crippen LogP contribution in [0.4, 0.5) is 0 Å². The van der Waals surface area contributed by atoms with E-state index in [1.807, 2.05) is 19.9 Å². The number of ether oxygens (including phenoxy) is 3. The number of carbonyl (C=O) groups is 3. The molecule has 32 heavy (non-hydrogen) atoms. The molecule has 6 nitrogen and oxygen atoms in total. The average molecular weight is 465 g/mol. The molecule has 0 heterocycles. The monoisotopic (exact) mass is 464 g/mol. The molecular formula is C25H33ClO6. The highest BCUT2D eigenvalue weighted by Crippen LogP contribution is 2.59. The number of fused-ring (bicyclic) bond motifs is 3. The molecule has 0 aliphatic heterocycles. The van der Waals surface area contributed by atoms with Crippen molar-refractivity contribution in [2.75, 3.05) is 13.7 Å². The second kappa shape index (κ2) is 9.05. The van der Waals surface area contributed by atoms with Gasteiger partial charge in [0, 0.05) is 36.6 Å². The summed E-state index contributed by atoms with van der Waals surface area (Å²) >= 11 is 6.89. The summed E-state index contributed by atoms with van der Waals surface area (Å²) < 4.78 is 16.0. The van der Waals surface area contributed by atoms with Crippen LogP contribution in [0.5, 0.6) is 0 Å². The molecule has 1 fully saturated rings. The van der Waals surface area contributed by atoms with Crippen molar-refractivity contribution in [3.8, 4) is 0 Å². The lowest BCUT2D eigenvalue weighted by Crippen LogP contribution is -2.56. The Morgan fingerprint density at radius 2 is 1.84 bits per heavy atom. The second-order valence-corrected chi connectivity index (χ2v) is 10.1. The summed E-state index contributed by atoms with van der Waals surface area (Å²) in [6.07, 6.45) is 2.21. The Morgan fingerprint density at radius 1 is 1.16 bits per heavy atom. The molecule has 3 rings (SSSR count). The molecular weight excluding hydrogens is 432 g/mol. The van der Waals surface area contributed by atoms with Crippen molar-refractivity contribution in [2.45, 2.75) is 77.7 Å². The fraction of sp³-hybridized carbons (Fsp3) is 0.640. The molecule has 0 spiro atoms. The minimum Gasteiger partial charge on any atom is -0.469 e. The first-order valence-corrected chi connectivity index (χ1v) is 11.5. The van der Waals surface area contributed by atoms with E-state index in [1.54, 1.807) is 0 Å². The van der Waals surface area contributed by atoms with Gasteiger partial charge in [-0.1, -0.05) is 37.6 Å². The molecule has 5 unspecified atom stereocenters. The summed E-state index contributed by atoms with van der Waals surface area (Å²) in [7, 11) is 1.41. The third-order valence-corrected chi connectivity index (χ3v) is 7.91. The van der Waals surface area contributed by atoms with Crippen molar-refractivity contribution in [3.05, 3.63) is 33.8 Å². The lowest BCUT2D eigenvalue weighted by atomic mass is 9.49. The van der Waals surface area contributed by atoms with E-state index in [1.165, 1.54) is 21.0 Å². The van der Waals surface area contributed by atoms with Crippen molar-refractivity contribution in [1.29, 1.82) is 0 Å². The van der Waals surface area contributed by atoms with Crippen LogP contribution >= 0.6 is 11.6 Å². The molecule has 2 aliphatic rings. The van der Waals surface area contributed by atoms with Crippen molar-refractivity contribution in [1.82, 2.24) is 0 Å². The standard InChI is InChI=1S/C25H33ClO6/c1-14(13-31-15(2)27)18-7-9-20-19(22(18)26)8-10-21-24(20,4)11-17(32-16(3)28)12-25(21,5)23(29)30-6/h7,9,14,17,21H,8,10-13H2,1-6H3. The Bertz CT molecular complexity index is 927. The van der Waals surface area contributed by atoms with E-state index in [4.69, 9.17) is 25.8 Å². The molecule has 0 radical (unpaired) electrons. The van der Waals surface area contributed by atoms with E-state index in [2.05, 4.69) is 13.0 Å². The number of methoxy groups -OCH3 is 1. The Hall–Kier alpha value is -2.08. The summed E-state index contributed by atoms with van der Waals surface area (Å²) in [5.74, 6) is -0.952. The van der Waals surface area contributed by atoms with Crippen LogP contribution in [0.1, 0.15) is 76.5 Å². The smallest absolute Gasteiger partial charge is 0.311 e. The van der Waals surface area contributed by atoms with Crippen LogP contribution in [0.3, 0.4) is 0 Å². The van der Waals surface area contributed by atoms with Crippen LogP contribution < -0.4 is 0 Å². The van der Waals surface area contributed by atoms with Gasteiger partial charge >= 0.3 is 17.9 Å². The minimum absolute atomic E-state index is 0.0298. The van der Waals surface area contributed by atoms with E-state index in [0.29, 0.717) is 17.9 Å². The van der Waals surface area contributed by atoms with Gasteiger partial charge in [-0.2, -0.15) is 0 Å². The minimum atomic E-state index is -0.771. The van der Waals surface area contributed by atoms with Crippen LogP contribution in [0.15, 0.2) is 12.1 Å². The largest absolute Gasteiger partial charge is 0.469 e. The zero-order valence-corrected chi connectivity index (χ0v) is 20.5. The van der Waals surface area contributed by atoms with Gasteiger partial charge in [-0.15, -0.1) is 0 Å². The second-order valence-electron chi connectivity index (χ2n) is 9.76. The van der Waals surface area contributed by atoms with Gasteiger partial charge in [0.05, 0.1) is 19.1 Å². The molecule has 5 atom stereocenters. The van der Waals surface area contributed by atoms with Gasteiger partial charge in [0.25, 0.3) is 0 Å². The highest BCUT2D eigenvalue weighted by molar-refractivity contribution is 6.32. The maximum Gasteiger partial charge on any atom is 0.311 e. The molecule has 0 aromatic heterocycles. The Morgan fingerprint density at radius 3 is 2.44 bits per heavy atom. The summed E-state index contributed by atoms with van der Waals surface area (Å²) in [6, 6.07) is 4.08. The molecule has 2 aliphatic carbocycles. The Balaban J connectivity index is 2.05. The fourth-order valence-electron chi connectivity index (χ4n) is 6.14. The van der Waals surface area contributed by atoms with Gasteiger partial charge in [0.15, 0.2) is 0 Å². The number of carbonyl (C=O) groups excluding carboxylic acids is 3. The SMILES string of the molecule is COC(=O)C1(C)CC(OC(C)=O)CC2(C)c3ccc(C(C)COC(C)=O)c(Cl)c3CCC12. The predicted molar refractivity (Wildman–Crippen MR) is 121 cm³/mol.